The van der Waals surface area contributed by atoms with Gasteiger partial charge in [0.05, 0.1) is 13.7 Å². The standard InChI is InChI=1S/C34H38FN3O3/c1-3-4-8-20-37(34(40)29-16-18-30(35)19-17-29)26-33(39)38(23-27-11-6-5-7-12-27)25-31-14-10-21-36(31)24-28-13-9-15-32(22-28)41-2/h5-7,9-19,21-22H,3-4,8,20,23-26H2,1-2H3. The number of rotatable bonds is 14. The van der Waals surface area contributed by atoms with E-state index in [1.54, 1.807) is 16.9 Å². The van der Waals surface area contributed by atoms with E-state index in [0.29, 0.717) is 31.7 Å². The Morgan fingerprint density at radius 1 is 0.829 bits per heavy atom. The van der Waals surface area contributed by atoms with E-state index in [1.807, 2.05) is 66.9 Å². The first kappa shape index (κ1) is 29.6. The van der Waals surface area contributed by atoms with Crippen LogP contribution in [0.25, 0.3) is 0 Å². The SMILES string of the molecule is CCCCCN(CC(=O)N(Cc1ccccc1)Cc1cccn1Cc1cccc(OC)c1)C(=O)c1ccc(F)cc1. The maximum atomic E-state index is 13.9. The van der Waals surface area contributed by atoms with Gasteiger partial charge in [-0.25, -0.2) is 4.39 Å². The number of methoxy groups -OCH3 is 1. The first-order valence-corrected chi connectivity index (χ1v) is 14.1. The molecule has 1 heterocycles. The molecule has 3 aromatic carbocycles. The van der Waals surface area contributed by atoms with Gasteiger partial charge in [-0.1, -0.05) is 62.2 Å². The van der Waals surface area contributed by atoms with Crippen molar-refractivity contribution in [1.82, 2.24) is 14.4 Å². The lowest BCUT2D eigenvalue weighted by Crippen LogP contribution is -2.43. The second-order valence-electron chi connectivity index (χ2n) is 10.2. The number of unbranched alkanes of at least 4 members (excludes halogenated alkanes) is 2. The Morgan fingerprint density at radius 2 is 1.59 bits per heavy atom. The van der Waals surface area contributed by atoms with Crippen molar-refractivity contribution in [3.8, 4) is 5.75 Å². The van der Waals surface area contributed by atoms with E-state index in [-0.39, 0.29) is 18.4 Å². The average molecular weight is 556 g/mol. The normalized spacial score (nSPS) is 10.8. The van der Waals surface area contributed by atoms with Crippen LogP contribution in [0.4, 0.5) is 4.39 Å². The molecule has 0 fully saturated rings. The number of carbonyl (C=O) groups excluding carboxylic acids is 2. The van der Waals surface area contributed by atoms with E-state index >= 15 is 0 Å². The second-order valence-corrected chi connectivity index (χ2v) is 10.2. The number of ether oxygens (including phenoxy) is 1. The third-order valence-electron chi connectivity index (χ3n) is 7.07. The van der Waals surface area contributed by atoms with Crippen LogP contribution in [0.3, 0.4) is 0 Å². The summed E-state index contributed by atoms with van der Waals surface area (Å²) in [5.41, 5.74) is 3.46. The highest BCUT2D eigenvalue weighted by molar-refractivity contribution is 5.96. The molecule has 214 valence electrons. The van der Waals surface area contributed by atoms with E-state index in [1.165, 1.54) is 24.3 Å². The lowest BCUT2D eigenvalue weighted by Gasteiger charge is -2.28. The van der Waals surface area contributed by atoms with Crippen molar-refractivity contribution in [1.29, 1.82) is 0 Å². The summed E-state index contributed by atoms with van der Waals surface area (Å²) in [7, 11) is 1.65. The van der Waals surface area contributed by atoms with Gasteiger partial charge in [0.2, 0.25) is 5.91 Å². The number of amides is 2. The Kier molecular flexibility index (Phi) is 10.7. The van der Waals surface area contributed by atoms with Gasteiger partial charge in [0.1, 0.15) is 18.1 Å². The predicted molar refractivity (Wildman–Crippen MR) is 159 cm³/mol. The first-order chi connectivity index (χ1) is 20.0. The molecular formula is C34H38FN3O3. The van der Waals surface area contributed by atoms with Crippen LogP contribution in [0, 0.1) is 5.82 Å². The van der Waals surface area contributed by atoms with Gasteiger partial charge in [-0.05, 0) is 66.1 Å². The van der Waals surface area contributed by atoms with Crippen LogP contribution in [0.15, 0.2) is 97.2 Å². The molecule has 0 saturated heterocycles. The predicted octanol–water partition coefficient (Wildman–Crippen LogP) is 6.55. The van der Waals surface area contributed by atoms with Gasteiger partial charge in [0.25, 0.3) is 5.91 Å². The molecule has 0 N–H and O–H groups in total. The molecule has 1 aromatic heterocycles. The van der Waals surface area contributed by atoms with E-state index in [2.05, 4.69) is 17.6 Å². The van der Waals surface area contributed by atoms with Gasteiger partial charge < -0.3 is 19.1 Å². The maximum absolute atomic E-state index is 13.9. The summed E-state index contributed by atoms with van der Waals surface area (Å²) in [6, 6.07) is 27.3. The third-order valence-corrected chi connectivity index (χ3v) is 7.07. The van der Waals surface area contributed by atoms with Crippen molar-refractivity contribution >= 4 is 11.8 Å². The van der Waals surface area contributed by atoms with Crippen molar-refractivity contribution in [2.75, 3.05) is 20.2 Å². The summed E-state index contributed by atoms with van der Waals surface area (Å²) in [6.45, 7) is 3.94. The molecular weight excluding hydrogens is 517 g/mol. The molecule has 6 nitrogen and oxygen atoms in total. The van der Waals surface area contributed by atoms with E-state index in [0.717, 1.165) is 41.8 Å². The highest BCUT2D eigenvalue weighted by Crippen LogP contribution is 2.18. The molecule has 7 heteroatoms. The quantitative estimate of drug-likeness (QED) is 0.166. The van der Waals surface area contributed by atoms with Gasteiger partial charge in [-0.15, -0.1) is 0 Å². The zero-order valence-electron chi connectivity index (χ0n) is 23.8. The maximum Gasteiger partial charge on any atom is 0.254 e. The highest BCUT2D eigenvalue weighted by Gasteiger charge is 2.23. The number of aromatic nitrogens is 1. The highest BCUT2D eigenvalue weighted by atomic mass is 19.1. The number of carbonyl (C=O) groups is 2. The fourth-order valence-electron chi connectivity index (χ4n) is 4.79. The lowest BCUT2D eigenvalue weighted by molar-refractivity contribution is -0.133. The van der Waals surface area contributed by atoms with Crippen LogP contribution in [-0.4, -0.2) is 46.4 Å². The largest absolute Gasteiger partial charge is 0.497 e. The van der Waals surface area contributed by atoms with Crippen LogP contribution in [0.2, 0.25) is 0 Å². The summed E-state index contributed by atoms with van der Waals surface area (Å²) in [6.07, 6.45) is 4.75. The summed E-state index contributed by atoms with van der Waals surface area (Å²) >= 11 is 0. The number of benzene rings is 3. The number of hydrogen-bond donors (Lipinski definition) is 0. The lowest BCUT2D eigenvalue weighted by atomic mass is 10.1. The van der Waals surface area contributed by atoms with Crippen molar-refractivity contribution in [3.63, 3.8) is 0 Å². The molecule has 0 radical (unpaired) electrons. The van der Waals surface area contributed by atoms with Gasteiger partial charge >= 0.3 is 0 Å². The molecule has 4 aromatic rings. The molecule has 0 bridgehead atoms. The monoisotopic (exact) mass is 555 g/mol. The van der Waals surface area contributed by atoms with Gasteiger partial charge in [-0.2, -0.15) is 0 Å². The van der Waals surface area contributed by atoms with Crippen LogP contribution in [0.1, 0.15) is 53.4 Å². The fraction of sp³-hybridized carbons (Fsp3) is 0.294. The van der Waals surface area contributed by atoms with E-state index in [9.17, 15) is 14.0 Å². The zero-order chi connectivity index (χ0) is 29.0. The first-order valence-electron chi connectivity index (χ1n) is 14.1. The Morgan fingerprint density at radius 3 is 2.32 bits per heavy atom. The minimum absolute atomic E-state index is 0.0522. The Balaban J connectivity index is 1.56. The van der Waals surface area contributed by atoms with Crippen LogP contribution in [-0.2, 0) is 24.4 Å². The van der Waals surface area contributed by atoms with Crippen molar-refractivity contribution in [2.45, 2.75) is 45.8 Å². The van der Waals surface area contributed by atoms with Gasteiger partial charge in [0, 0.05) is 37.1 Å². The number of halogens is 1. The smallest absolute Gasteiger partial charge is 0.254 e. The third kappa shape index (κ3) is 8.55. The molecule has 0 spiro atoms. The molecule has 0 aliphatic carbocycles. The van der Waals surface area contributed by atoms with Crippen molar-refractivity contribution in [2.24, 2.45) is 0 Å². The minimum Gasteiger partial charge on any atom is -0.497 e. The molecule has 0 unspecified atom stereocenters. The second kappa shape index (κ2) is 14.8. The summed E-state index contributed by atoms with van der Waals surface area (Å²) in [5.74, 6) is -0.0160. The Hall–Kier alpha value is -4.39. The Labute approximate surface area is 242 Å². The van der Waals surface area contributed by atoms with Crippen LogP contribution in [0.5, 0.6) is 5.75 Å². The fourth-order valence-corrected chi connectivity index (χ4v) is 4.79. The van der Waals surface area contributed by atoms with E-state index in [4.69, 9.17) is 4.74 Å². The minimum atomic E-state index is -0.402. The van der Waals surface area contributed by atoms with Gasteiger partial charge in [-0.3, -0.25) is 9.59 Å². The summed E-state index contributed by atoms with van der Waals surface area (Å²) in [4.78, 5) is 30.7. The molecule has 0 aliphatic heterocycles. The molecule has 41 heavy (non-hydrogen) atoms. The zero-order valence-corrected chi connectivity index (χ0v) is 23.8. The number of hydrogen-bond acceptors (Lipinski definition) is 3. The summed E-state index contributed by atoms with van der Waals surface area (Å²) in [5, 5.41) is 0. The average Bonchev–Trinajstić information content (AvgIpc) is 3.43. The Bertz CT molecular complexity index is 1400. The van der Waals surface area contributed by atoms with Crippen molar-refractivity contribution in [3.05, 3.63) is 125 Å². The topological polar surface area (TPSA) is 54.8 Å². The summed E-state index contributed by atoms with van der Waals surface area (Å²) < 4.78 is 21.0. The molecule has 0 saturated carbocycles. The van der Waals surface area contributed by atoms with Crippen LogP contribution >= 0.6 is 0 Å². The molecule has 0 aliphatic rings. The molecule has 2 amide bonds. The van der Waals surface area contributed by atoms with Gasteiger partial charge in [0.15, 0.2) is 0 Å². The number of nitrogens with zero attached hydrogens (tertiary/aromatic N) is 3. The molecule has 0 atom stereocenters. The van der Waals surface area contributed by atoms with E-state index < -0.39 is 5.82 Å². The molecule has 4 rings (SSSR count). The van der Waals surface area contributed by atoms with Crippen LogP contribution < -0.4 is 4.74 Å². The van der Waals surface area contributed by atoms with Crippen molar-refractivity contribution < 1.29 is 18.7 Å².